The molecule has 0 amide bonds. The van der Waals surface area contributed by atoms with Gasteiger partial charge in [0.15, 0.2) is 0 Å². The molecule has 0 aliphatic carbocycles. The standard InChI is InChI=1S/C12H24O2.2C2H6O.H3N/c1-2-3-4-5-6-7-8-9-10-11-12(13)14;2*1-2-3;/h2-11H2,1H3,(H,13,14);2*3H,2H2,1H3;1H3. The SMILES string of the molecule is CCCCCCCCCCCC(=O)[O-].CCO.CCO.[NH4+]. The number of quaternary nitrogens is 1. The monoisotopic (exact) mass is 309 g/mol. The number of aliphatic hydroxyl groups is 2. The molecule has 0 spiro atoms. The molecule has 0 aliphatic heterocycles. The molecular formula is C16H39NO4. The highest BCUT2D eigenvalue weighted by Gasteiger charge is 1.92. The van der Waals surface area contributed by atoms with Crippen molar-refractivity contribution in [2.24, 2.45) is 0 Å². The fourth-order valence-corrected chi connectivity index (χ4v) is 1.58. The lowest BCUT2D eigenvalue weighted by Crippen LogP contribution is -2.21. The second-order valence-electron chi connectivity index (χ2n) is 4.58. The number of carboxylic acid groups (broad SMARTS) is 1. The normalized spacial score (nSPS) is 8.62. The first-order chi connectivity index (χ1) is 9.60. The lowest BCUT2D eigenvalue weighted by atomic mass is 10.1. The smallest absolute Gasteiger partial charge is 0.0414 e. The molecule has 0 bridgehead atoms. The quantitative estimate of drug-likeness (QED) is 0.537. The van der Waals surface area contributed by atoms with Gasteiger partial charge in [-0.25, -0.2) is 0 Å². The molecule has 0 radical (unpaired) electrons. The number of hydrogen-bond acceptors (Lipinski definition) is 4. The molecule has 0 aliphatic rings. The Balaban J connectivity index is -0.000000177. The summed E-state index contributed by atoms with van der Waals surface area (Å²) in [7, 11) is 0. The minimum atomic E-state index is -0.909. The zero-order valence-electron chi connectivity index (χ0n) is 14.7. The molecule has 0 rings (SSSR count). The van der Waals surface area contributed by atoms with Gasteiger partial charge >= 0.3 is 0 Å². The Morgan fingerprint density at radius 3 is 1.33 bits per heavy atom. The summed E-state index contributed by atoms with van der Waals surface area (Å²) in [6.45, 7) is 6.08. The third-order valence-electron chi connectivity index (χ3n) is 2.48. The Morgan fingerprint density at radius 1 is 0.762 bits per heavy atom. The van der Waals surface area contributed by atoms with E-state index in [0.29, 0.717) is 0 Å². The maximum absolute atomic E-state index is 10.1. The molecule has 0 atom stereocenters. The Kier molecular flexibility index (Phi) is 42.9. The summed E-state index contributed by atoms with van der Waals surface area (Å²) < 4.78 is 0. The van der Waals surface area contributed by atoms with Gasteiger partial charge in [-0.05, 0) is 26.7 Å². The number of carbonyl (C=O) groups excluding carboxylic acids is 1. The molecule has 5 nitrogen and oxygen atoms in total. The third-order valence-corrected chi connectivity index (χ3v) is 2.48. The maximum Gasteiger partial charge on any atom is 0.0414 e. The molecule has 21 heavy (non-hydrogen) atoms. The van der Waals surface area contributed by atoms with Crippen LogP contribution in [-0.4, -0.2) is 29.4 Å². The number of rotatable bonds is 10. The van der Waals surface area contributed by atoms with E-state index in [1.807, 2.05) is 0 Å². The van der Waals surface area contributed by atoms with Crippen LogP contribution in [-0.2, 0) is 4.79 Å². The number of carboxylic acids is 1. The van der Waals surface area contributed by atoms with Gasteiger partial charge < -0.3 is 26.3 Å². The van der Waals surface area contributed by atoms with Crippen LogP contribution in [0.25, 0.3) is 0 Å². The van der Waals surface area contributed by atoms with Gasteiger partial charge in [0.2, 0.25) is 0 Å². The number of hydrogen-bond donors (Lipinski definition) is 3. The summed E-state index contributed by atoms with van der Waals surface area (Å²) in [5.74, 6) is -0.909. The third kappa shape index (κ3) is 54.4. The van der Waals surface area contributed by atoms with Crippen molar-refractivity contribution >= 4 is 5.97 Å². The van der Waals surface area contributed by atoms with Crippen molar-refractivity contribution in [3.63, 3.8) is 0 Å². The van der Waals surface area contributed by atoms with Crippen LogP contribution >= 0.6 is 0 Å². The zero-order chi connectivity index (χ0) is 16.1. The highest BCUT2D eigenvalue weighted by atomic mass is 16.4. The number of aliphatic hydroxyl groups excluding tert-OH is 2. The number of carbonyl (C=O) groups is 1. The topological polar surface area (TPSA) is 117 Å². The average Bonchev–Trinajstić information content (AvgIpc) is 2.38. The summed E-state index contributed by atoms with van der Waals surface area (Å²) in [4.78, 5) is 10.1. The van der Waals surface area contributed by atoms with Crippen LogP contribution in [0.3, 0.4) is 0 Å². The van der Waals surface area contributed by atoms with Crippen LogP contribution in [0, 0.1) is 0 Å². The van der Waals surface area contributed by atoms with Crippen molar-refractivity contribution in [1.29, 1.82) is 0 Å². The van der Waals surface area contributed by atoms with Crippen molar-refractivity contribution in [3.8, 4) is 0 Å². The summed E-state index contributed by atoms with van der Waals surface area (Å²) in [5, 5.41) is 25.2. The van der Waals surface area contributed by atoms with E-state index < -0.39 is 5.97 Å². The predicted octanol–water partition coefficient (Wildman–Crippen LogP) is 3.03. The van der Waals surface area contributed by atoms with Crippen LogP contribution in [0.1, 0.15) is 85.0 Å². The van der Waals surface area contributed by atoms with Crippen LogP contribution in [0.2, 0.25) is 0 Å². The van der Waals surface area contributed by atoms with Gasteiger partial charge in [0, 0.05) is 19.2 Å². The van der Waals surface area contributed by atoms with E-state index in [1.54, 1.807) is 13.8 Å². The van der Waals surface area contributed by atoms with E-state index in [2.05, 4.69) is 6.92 Å². The Hall–Kier alpha value is -0.650. The van der Waals surface area contributed by atoms with Crippen LogP contribution in [0.15, 0.2) is 0 Å². The molecule has 0 unspecified atom stereocenters. The molecule has 0 aromatic carbocycles. The summed E-state index contributed by atoms with van der Waals surface area (Å²) >= 11 is 0. The largest absolute Gasteiger partial charge is 0.550 e. The van der Waals surface area contributed by atoms with Gasteiger partial charge in [-0.1, -0.05) is 58.3 Å². The van der Waals surface area contributed by atoms with Crippen molar-refractivity contribution in [2.75, 3.05) is 13.2 Å². The number of unbranched alkanes of at least 4 members (excludes halogenated alkanes) is 8. The Labute approximate surface area is 131 Å². The van der Waals surface area contributed by atoms with Gasteiger partial charge in [-0.2, -0.15) is 0 Å². The summed E-state index contributed by atoms with van der Waals surface area (Å²) in [6, 6.07) is 0. The average molecular weight is 309 g/mol. The van der Waals surface area contributed by atoms with Gasteiger partial charge in [0.05, 0.1) is 0 Å². The zero-order valence-corrected chi connectivity index (χ0v) is 14.7. The minimum Gasteiger partial charge on any atom is -0.550 e. The van der Waals surface area contributed by atoms with Crippen LogP contribution in [0.5, 0.6) is 0 Å². The highest BCUT2D eigenvalue weighted by molar-refractivity contribution is 5.63. The van der Waals surface area contributed by atoms with E-state index in [9.17, 15) is 9.90 Å². The Bertz CT molecular complexity index is 164. The Morgan fingerprint density at radius 2 is 1.05 bits per heavy atom. The molecule has 0 saturated carbocycles. The van der Waals surface area contributed by atoms with E-state index in [0.717, 1.165) is 12.8 Å². The lowest BCUT2D eigenvalue weighted by molar-refractivity contribution is -0.305. The first kappa shape index (κ1) is 28.5. The van der Waals surface area contributed by atoms with Crippen molar-refractivity contribution in [1.82, 2.24) is 6.15 Å². The molecule has 0 heterocycles. The molecule has 0 aromatic rings. The van der Waals surface area contributed by atoms with Crippen molar-refractivity contribution in [2.45, 2.75) is 85.0 Å². The van der Waals surface area contributed by atoms with Crippen LogP contribution in [0.4, 0.5) is 0 Å². The van der Waals surface area contributed by atoms with E-state index in [1.165, 1.54) is 44.9 Å². The van der Waals surface area contributed by atoms with Crippen molar-refractivity contribution < 1.29 is 20.1 Å². The highest BCUT2D eigenvalue weighted by Crippen LogP contribution is 2.09. The van der Waals surface area contributed by atoms with Gasteiger partial charge in [0.25, 0.3) is 0 Å². The minimum absolute atomic E-state index is 0. The van der Waals surface area contributed by atoms with Crippen LogP contribution < -0.4 is 11.3 Å². The van der Waals surface area contributed by atoms with Gasteiger partial charge in [-0.3, -0.25) is 0 Å². The molecule has 132 valence electrons. The molecule has 0 fully saturated rings. The van der Waals surface area contributed by atoms with E-state index >= 15 is 0 Å². The molecule has 6 N–H and O–H groups in total. The summed E-state index contributed by atoms with van der Waals surface area (Å²) in [5.41, 5.74) is 0. The second-order valence-corrected chi connectivity index (χ2v) is 4.58. The maximum atomic E-state index is 10.1. The fourth-order valence-electron chi connectivity index (χ4n) is 1.58. The fraction of sp³-hybridized carbons (Fsp3) is 0.938. The molecule has 0 saturated heterocycles. The number of aliphatic carboxylic acids is 1. The first-order valence-corrected chi connectivity index (χ1v) is 8.02. The van der Waals surface area contributed by atoms with Gasteiger partial charge in [-0.15, -0.1) is 0 Å². The molecule has 0 aromatic heterocycles. The first-order valence-electron chi connectivity index (χ1n) is 8.02. The second kappa shape index (κ2) is 31.6. The molecular weight excluding hydrogens is 270 g/mol. The van der Waals surface area contributed by atoms with Crippen molar-refractivity contribution in [3.05, 3.63) is 0 Å². The lowest BCUT2D eigenvalue weighted by Gasteiger charge is -2.02. The predicted molar refractivity (Wildman–Crippen MR) is 88.4 cm³/mol. The molecule has 5 heteroatoms. The van der Waals surface area contributed by atoms with Gasteiger partial charge in [0.1, 0.15) is 0 Å². The summed E-state index contributed by atoms with van der Waals surface area (Å²) in [6.07, 6.45) is 11.2. The van der Waals surface area contributed by atoms with E-state index in [-0.39, 0.29) is 25.8 Å². The van der Waals surface area contributed by atoms with E-state index in [4.69, 9.17) is 10.2 Å².